The van der Waals surface area contributed by atoms with Crippen molar-refractivity contribution in [3.63, 3.8) is 0 Å². The normalized spacial score (nSPS) is 17.7. The van der Waals surface area contributed by atoms with Gasteiger partial charge in [-0.1, -0.05) is 27.7 Å². The SMILES string of the molecule is CC[C@H](NC(=O)C[C@H](O)[C@H](C)CCN1CCOCC1)C(=O)N(C)CC(=O)N(C)[C@@H](CC(C)C)C(N)=O. The largest absolute Gasteiger partial charge is 0.392 e. The summed E-state index contributed by atoms with van der Waals surface area (Å²) < 4.78 is 5.34. The van der Waals surface area contributed by atoms with Crippen LogP contribution in [0.2, 0.25) is 0 Å². The lowest BCUT2D eigenvalue weighted by Gasteiger charge is -2.30. The van der Waals surface area contributed by atoms with E-state index in [4.69, 9.17) is 10.5 Å². The van der Waals surface area contributed by atoms with Crippen molar-refractivity contribution in [2.45, 2.75) is 71.6 Å². The summed E-state index contributed by atoms with van der Waals surface area (Å²) in [4.78, 5) is 54.8. The maximum atomic E-state index is 12.9. The molecule has 0 saturated carbocycles. The van der Waals surface area contributed by atoms with E-state index < -0.39 is 41.8 Å². The number of rotatable bonds is 15. The molecular formula is C25H47N5O6. The second-order valence-electron chi connectivity index (χ2n) is 10.3. The fraction of sp³-hybridized carbons (Fsp3) is 0.840. The number of primary amides is 1. The van der Waals surface area contributed by atoms with Crippen LogP contribution in [0.25, 0.3) is 0 Å². The predicted octanol–water partition coefficient (Wildman–Crippen LogP) is -0.193. The molecule has 0 unspecified atom stereocenters. The van der Waals surface area contributed by atoms with Crippen LogP contribution in [0.3, 0.4) is 0 Å². The van der Waals surface area contributed by atoms with Crippen molar-refractivity contribution in [2.75, 3.05) is 53.5 Å². The third-order valence-electron chi connectivity index (χ3n) is 6.73. The van der Waals surface area contributed by atoms with Gasteiger partial charge in [0.15, 0.2) is 0 Å². The number of nitrogens with zero attached hydrogens (tertiary/aromatic N) is 3. The standard InChI is InChI=1S/C25H47N5O6/c1-7-19(25(35)28(5)16-23(33)29(6)20(24(26)34)14-17(2)3)27-22(32)15-21(31)18(4)8-9-30-10-12-36-13-11-30/h17-21,31H,7-16H2,1-6H3,(H2,26,34)(H,27,32)/t18-,19+,20+,21+/m1/s1. The number of morpholine rings is 1. The molecule has 0 radical (unpaired) electrons. The van der Waals surface area contributed by atoms with Crippen molar-refractivity contribution >= 4 is 23.6 Å². The van der Waals surface area contributed by atoms with Gasteiger partial charge in [-0.2, -0.15) is 0 Å². The van der Waals surface area contributed by atoms with Crippen molar-refractivity contribution in [1.82, 2.24) is 20.0 Å². The first kappa shape index (κ1) is 31.8. The molecule has 0 aromatic carbocycles. The number of aliphatic hydroxyl groups excluding tert-OH is 1. The minimum atomic E-state index is -0.821. The van der Waals surface area contributed by atoms with E-state index >= 15 is 0 Å². The highest BCUT2D eigenvalue weighted by atomic mass is 16.5. The molecule has 1 rings (SSSR count). The predicted molar refractivity (Wildman–Crippen MR) is 137 cm³/mol. The van der Waals surface area contributed by atoms with Crippen molar-refractivity contribution in [1.29, 1.82) is 0 Å². The van der Waals surface area contributed by atoms with Gasteiger partial charge in [-0.15, -0.1) is 0 Å². The number of nitrogens with one attached hydrogen (secondary N) is 1. The number of carbonyl (C=O) groups is 4. The number of amides is 4. The van der Waals surface area contributed by atoms with Crippen molar-refractivity contribution in [2.24, 2.45) is 17.6 Å². The van der Waals surface area contributed by atoms with Gasteiger partial charge in [-0.25, -0.2) is 0 Å². The lowest BCUT2D eigenvalue weighted by molar-refractivity contribution is -0.144. The van der Waals surface area contributed by atoms with Gasteiger partial charge in [0.25, 0.3) is 0 Å². The second kappa shape index (κ2) is 15.8. The molecule has 11 nitrogen and oxygen atoms in total. The van der Waals surface area contributed by atoms with E-state index in [0.29, 0.717) is 26.1 Å². The smallest absolute Gasteiger partial charge is 0.245 e. The quantitative estimate of drug-likeness (QED) is 0.275. The maximum Gasteiger partial charge on any atom is 0.245 e. The monoisotopic (exact) mass is 513 g/mol. The average Bonchev–Trinajstić information content (AvgIpc) is 2.83. The first-order valence-electron chi connectivity index (χ1n) is 12.9. The molecule has 1 saturated heterocycles. The van der Waals surface area contributed by atoms with Gasteiger partial charge in [0.05, 0.1) is 32.3 Å². The molecule has 36 heavy (non-hydrogen) atoms. The van der Waals surface area contributed by atoms with E-state index in [1.807, 2.05) is 20.8 Å². The minimum absolute atomic E-state index is 0.0748. The third-order valence-corrected chi connectivity index (χ3v) is 6.73. The zero-order valence-corrected chi connectivity index (χ0v) is 22.9. The summed E-state index contributed by atoms with van der Waals surface area (Å²) in [5.74, 6) is -1.75. The number of likely N-dealkylation sites (N-methyl/N-ethyl adjacent to an activating group) is 2. The molecule has 4 amide bonds. The van der Waals surface area contributed by atoms with Gasteiger partial charge in [0.2, 0.25) is 23.6 Å². The summed E-state index contributed by atoms with van der Waals surface area (Å²) in [6, 6.07) is -1.58. The molecule has 1 heterocycles. The minimum Gasteiger partial charge on any atom is -0.392 e. The molecule has 0 bridgehead atoms. The Morgan fingerprint density at radius 1 is 1.11 bits per heavy atom. The summed E-state index contributed by atoms with van der Waals surface area (Å²) in [6.45, 7) is 11.3. The van der Waals surface area contributed by atoms with E-state index in [-0.39, 0.29) is 24.8 Å². The fourth-order valence-electron chi connectivity index (χ4n) is 4.13. The lowest BCUT2D eigenvalue weighted by Crippen LogP contribution is -2.52. The molecule has 1 aliphatic rings. The Morgan fingerprint density at radius 2 is 1.72 bits per heavy atom. The molecule has 11 heteroatoms. The summed E-state index contributed by atoms with van der Waals surface area (Å²) in [5.41, 5.74) is 5.47. The summed E-state index contributed by atoms with van der Waals surface area (Å²) in [5, 5.41) is 13.2. The van der Waals surface area contributed by atoms with Crippen molar-refractivity contribution in [3.8, 4) is 0 Å². The number of nitrogens with two attached hydrogens (primary N) is 1. The Labute approximate surface area is 215 Å². The van der Waals surface area contributed by atoms with Crippen molar-refractivity contribution in [3.05, 3.63) is 0 Å². The van der Waals surface area contributed by atoms with Crippen LogP contribution >= 0.6 is 0 Å². The first-order chi connectivity index (χ1) is 16.9. The molecule has 0 spiro atoms. The summed E-state index contributed by atoms with van der Waals surface area (Å²) in [6.07, 6.45) is 0.592. The van der Waals surface area contributed by atoms with E-state index in [1.54, 1.807) is 6.92 Å². The molecule has 4 N–H and O–H groups in total. The van der Waals surface area contributed by atoms with Gasteiger partial charge in [0.1, 0.15) is 12.1 Å². The highest BCUT2D eigenvalue weighted by Crippen LogP contribution is 2.14. The van der Waals surface area contributed by atoms with E-state index in [1.165, 1.54) is 23.9 Å². The van der Waals surface area contributed by atoms with E-state index in [2.05, 4.69) is 10.2 Å². The Morgan fingerprint density at radius 3 is 2.25 bits per heavy atom. The summed E-state index contributed by atoms with van der Waals surface area (Å²) in [7, 11) is 2.98. The topological polar surface area (TPSA) is 146 Å². The van der Waals surface area contributed by atoms with E-state index in [0.717, 1.165) is 26.1 Å². The molecule has 208 valence electrons. The molecule has 0 aromatic heterocycles. The van der Waals surface area contributed by atoms with Crippen molar-refractivity contribution < 1.29 is 29.0 Å². The second-order valence-corrected chi connectivity index (χ2v) is 10.3. The molecule has 1 aliphatic heterocycles. The summed E-state index contributed by atoms with van der Waals surface area (Å²) >= 11 is 0. The average molecular weight is 514 g/mol. The zero-order chi connectivity index (χ0) is 27.4. The Bertz CT molecular complexity index is 728. The highest BCUT2D eigenvalue weighted by Gasteiger charge is 2.30. The molecule has 4 atom stereocenters. The van der Waals surface area contributed by atoms with E-state index in [9.17, 15) is 24.3 Å². The lowest BCUT2D eigenvalue weighted by atomic mass is 9.97. The van der Waals surface area contributed by atoms with Gasteiger partial charge in [-0.3, -0.25) is 24.1 Å². The maximum absolute atomic E-state index is 12.9. The van der Waals surface area contributed by atoms with Gasteiger partial charge in [-0.05, 0) is 37.6 Å². The molecule has 0 aromatic rings. The van der Waals surface area contributed by atoms with Crippen LogP contribution in [0.1, 0.15) is 53.4 Å². The Balaban J connectivity index is 2.57. The third kappa shape index (κ3) is 10.8. The molecule has 1 fully saturated rings. The fourth-order valence-corrected chi connectivity index (χ4v) is 4.13. The van der Waals surface area contributed by atoms with Crippen LogP contribution < -0.4 is 11.1 Å². The highest BCUT2D eigenvalue weighted by molar-refractivity contribution is 5.92. The number of aliphatic hydroxyl groups is 1. The number of hydrogen-bond donors (Lipinski definition) is 3. The number of hydrogen-bond acceptors (Lipinski definition) is 7. The molecule has 0 aliphatic carbocycles. The first-order valence-corrected chi connectivity index (χ1v) is 12.9. The van der Waals surface area contributed by atoms with Crippen LogP contribution in [0.4, 0.5) is 0 Å². The number of carbonyl (C=O) groups excluding carboxylic acids is 4. The number of ether oxygens (including phenoxy) is 1. The van der Waals surface area contributed by atoms with Gasteiger partial charge in [0, 0.05) is 27.2 Å². The van der Waals surface area contributed by atoms with Gasteiger partial charge >= 0.3 is 0 Å². The van der Waals surface area contributed by atoms with Gasteiger partial charge < -0.3 is 30.7 Å². The van der Waals surface area contributed by atoms with Crippen LogP contribution in [0.15, 0.2) is 0 Å². The Kier molecular flexibility index (Phi) is 13.9. The zero-order valence-electron chi connectivity index (χ0n) is 22.9. The Hall–Kier alpha value is -2.24. The van der Waals surface area contributed by atoms with Crippen LogP contribution in [0.5, 0.6) is 0 Å². The van der Waals surface area contributed by atoms with Crippen LogP contribution in [-0.4, -0.2) is 115 Å². The molecular weight excluding hydrogens is 466 g/mol. The van der Waals surface area contributed by atoms with Crippen LogP contribution in [-0.2, 0) is 23.9 Å². The van der Waals surface area contributed by atoms with Crippen LogP contribution in [0, 0.1) is 11.8 Å².